The van der Waals surface area contributed by atoms with E-state index in [2.05, 4.69) is 39.6 Å². The first-order valence-corrected chi connectivity index (χ1v) is 8.53. The number of aromatic nitrogens is 4. The molecule has 0 unspecified atom stereocenters. The van der Waals surface area contributed by atoms with Gasteiger partial charge in [0.1, 0.15) is 5.82 Å². The SMILES string of the molecule is FC(F)(F)c1nnc2ccc(N3CC4(CC(c5ccccc5)C4)C3)nn12. The monoisotopic (exact) mass is 359 g/mol. The van der Waals surface area contributed by atoms with Gasteiger partial charge in [-0.1, -0.05) is 30.3 Å². The van der Waals surface area contributed by atoms with Crippen LogP contribution in [0, 0.1) is 5.41 Å². The minimum Gasteiger partial charge on any atom is -0.354 e. The van der Waals surface area contributed by atoms with E-state index in [9.17, 15) is 13.2 Å². The van der Waals surface area contributed by atoms with E-state index in [1.807, 2.05) is 11.0 Å². The van der Waals surface area contributed by atoms with Crippen LogP contribution in [0.4, 0.5) is 19.0 Å². The maximum atomic E-state index is 13.0. The molecule has 2 aromatic heterocycles. The number of benzene rings is 1. The van der Waals surface area contributed by atoms with Gasteiger partial charge >= 0.3 is 6.18 Å². The summed E-state index contributed by atoms with van der Waals surface area (Å²) in [7, 11) is 0. The van der Waals surface area contributed by atoms with Crippen molar-refractivity contribution in [2.75, 3.05) is 18.0 Å². The Morgan fingerprint density at radius 3 is 2.38 bits per heavy atom. The van der Waals surface area contributed by atoms with Gasteiger partial charge in [0.2, 0.25) is 0 Å². The zero-order chi connectivity index (χ0) is 17.9. The van der Waals surface area contributed by atoms with Crippen molar-refractivity contribution >= 4 is 11.5 Å². The molecule has 0 atom stereocenters. The third-order valence-electron chi connectivity index (χ3n) is 5.51. The molecule has 1 aliphatic carbocycles. The molecular weight excluding hydrogens is 343 g/mol. The Labute approximate surface area is 147 Å². The van der Waals surface area contributed by atoms with Crippen molar-refractivity contribution in [3.8, 4) is 0 Å². The minimum absolute atomic E-state index is 0.101. The highest BCUT2D eigenvalue weighted by molar-refractivity contribution is 5.49. The predicted molar refractivity (Wildman–Crippen MR) is 88.8 cm³/mol. The van der Waals surface area contributed by atoms with Crippen molar-refractivity contribution in [2.24, 2.45) is 5.41 Å². The summed E-state index contributed by atoms with van der Waals surface area (Å²) in [5.41, 5.74) is 1.75. The highest BCUT2D eigenvalue weighted by atomic mass is 19.4. The van der Waals surface area contributed by atoms with Crippen LogP contribution >= 0.6 is 0 Å². The predicted octanol–water partition coefficient (Wildman–Crippen LogP) is 3.53. The number of anilines is 1. The molecule has 8 heteroatoms. The topological polar surface area (TPSA) is 46.3 Å². The second kappa shape index (κ2) is 5.18. The number of nitrogens with zero attached hydrogens (tertiary/aromatic N) is 5. The van der Waals surface area contributed by atoms with E-state index < -0.39 is 12.0 Å². The number of alkyl halides is 3. The van der Waals surface area contributed by atoms with Crippen LogP contribution < -0.4 is 4.90 Å². The lowest BCUT2D eigenvalue weighted by Crippen LogP contribution is -2.62. The molecule has 1 aromatic carbocycles. The van der Waals surface area contributed by atoms with E-state index >= 15 is 0 Å². The van der Waals surface area contributed by atoms with Gasteiger partial charge in [-0.25, -0.2) is 0 Å². The zero-order valence-electron chi connectivity index (χ0n) is 13.8. The Bertz CT molecular complexity index is 952. The minimum atomic E-state index is -4.57. The molecule has 3 aromatic rings. The van der Waals surface area contributed by atoms with Crippen LogP contribution in [-0.4, -0.2) is 32.9 Å². The van der Waals surface area contributed by atoms with Crippen LogP contribution in [0.5, 0.6) is 0 Å². The van der Waals surface area contributed by atoms with E-state index in [0.717, 1.165) is 30.4 Å². The van der Waals surface area contributed by atoms with Gasteiger partial charge in [-0.05, 0) is 36.5 Å². The fraction of sp³-hybridized carbons (Fsp3) is 0.389. The smallest absolute Gasteiger partial charge is 0.354 e. The summed E-state index contributed by atoms with van der Waals surface area (Å²) in [4.78, 5) is 2.03. The lowest BCUT2D eigenvalue weighted by atomic mass is 9.56. The molecule has 134 valence electrons. The first kappa shape index (κ1) is 15.6. The fourth-order valence-electron chi connectivity index (χ4n) is 4.25. The molecule has 5 rings (SSSR count). The molecule has 1 spiro atoms. The molecule has 0 N–H and O–H groups in total. The van der Waals surface area contributed by atoms with Crippen molar-refractivity contribution in [1.82, 2.24) is 19.8 Å². The summed E-state index contributed by atoms with van der Waals surface area (Å²) in [6, 6.07) is 13.7. The van der Waals surface area contributed by atoms with Crippen molar-refractivity contribution in [3.05, 3.63) is 53.9 Å². The first-order chi connectivity index (χ1) is 12.4. The van der Waals surface area contributed by atoms with Crippen LogP contribution in [0.25, 0.3) is 5.65 Å². The Balaban J connectivity index is 1.31. The summed E-state index contributed by atoms with van der Waals surface area (Å²) >= 11 is 0. The lowest BCUT2D eigenvalue weighted by molar-refractivity contribution is -0.146. The van der Waals surface area contributed by atoms with Gasteiger partial charge in [-0.2, -0.15) is 17.7 Å². The lowest BCUT2D eigenvalue weighted by Gasteiger charge is -2.59. The van der Waals surface area contributed by atoms with Crippen LogP contribution in [0.3, 0.4) is 0 Å². The average Bonchev–Trinajstić information content (AvgIpc) is 2.97. The number of fused-ring (bicyclic) bond motifs is 1. The molecule has 0 amide bonds. The van der Waals surface area contributed by atoms with E-state index in [1.54, 1.807) is 6.07 Å². The largest absolute Gasteiger partial charge is 0.453 e. The van der Waals surface area contributed by atoms with Gasteiger partial charge in [-0.3, -0.25) is 0 Å². The van der Waals surface area contributed by atoms with Crippen LogP contribution in [0.2, 0.25) is 0 Å². The number of halogens is 3. The maximum absolute atomic E-state index is 13.0. The van der Waals surface area contributed by atoms with E-state index in [0.29, 0.717) is 11.7 Å². The number of hydrogen-bond donors (Lipinski definition) is 0. The van der Waals surface area contributed by atoms with Crippen LogP contribution in [0.15, 0.2) is 42.5 Å². The van der Waals surface area contributed by atoms with Crippen LogP contribution in [-0.2, 0) is 6.18 Å². The summed E-state index contributed by atoms with van der Waals surface area (Å²) in [5.74, 6) is 0.0393. The van der Waals surface area contributed by atoms with Gasteiger partial charge in [0.05, 0.1) is 0 Å². The van der Waals surface area contributed by atoms with Crippen molar-refractivity contribution in [3.63, 3.8) is 0 Å². The molecule has 1 aliphatic heterocycles. The summed E-state index contributed by atoms with van der Waals surface area (Å²) in [6.45, 7) is 1.66. The molecule has 2 fully saturated rings. The van der Waals surface area contributed by atoms with Crippen molar-refractivity contribution in [1.29, 1.82) is 0 Å². The third kappa shape index (κ3) is 2.35. The molecule has 2 aliphatic rings. The van der Waals surface area contributed by atoms with E-state index in [4.69, 9.17) is 0 Å². The Morgan fingerprint density at radius 1 is 0.962 bits per heavy atom. The first-order valence-electron chi connectivity index (χ1n) is 8.53. The molecule has 0 bridgehead atoms. The summed E-state index contributed by atoms with van der Waals surface area (Å²) < 4.78 is 39.8. The van der Waals surface area contributed by atoms with Gasteiger partial charge in [-0.15, -0.1) is 15.3 Å². The van der Waals surface area contributed by atoms with E-state index in [-0.39, 0.29) is 11.1 Å². The highest BCUT2D eigenvalue weighted by Gasteiger charge is 2.53. The van der Waals surface area contributed by atoms with Crippen molar-refractivity contribution in [2.45, 2.75) is 24.9 Å². The van der Waals surface area contributed by atoms with Crippen LogP contribution in [0.1, 0.15) is 30.1 Å². The molecule has 0 radical (unpaired) electrons. The average molecular weight is 359 g/mol. The molecule has 26 heavy (non-hydrogen) atoms. The standard InChI is InChI=1S/C18H16F3N5/c19-18(20,21)16-23-22-14-6-7-15(24-26(14)16)25-10-17(11-25)8-13(9-17)12-4-2-1-3-5-12/h1-7,13H,8-11H2. The van der Waals surface area contributed by atoms with Gasteiger partial charge in [0.15, 0.2) is 5.65 Å². The zero-order valence-corrected chi connectivity index (χ0v) is 13.8. The quantitative estimate of drug-likeness (QED) is 0.702. The molecule has 5 nitrogen and oxygen atoms in total. The molecule has 3 heterocycles. The second-order valence-corrected chi connectivity index (χ2v) is 7.35. The molecular formula is C18H16F3N5. The molecule has 1 saturated carbocycles. The Hall–Kier alpha value is -2.64. The summed E-state index contributed by atoms with van der Waals surface area (Å²) in [5, 5.41) is 10.9. The number of rotatable bonds is 2. The highest BCUT2D eigenvalue weighted by Crippen LogP contribution is 2.56. The van der Waals surface area contributed by atoms with Gasteiger partial charge in [0.25, 0.3) is 5.82 Å². The van der Waals surface area contributed by atoms with E-state index in [1.165, 1.54) is 11.6 Å². The normalized spacial score (nSPS) is 19.6. The summed E-state index contributed by atoms with van der Waals surface area (Å²) in [6.07, 6.45) is -2.33. The fourth-order valence-corrected chi connectivity index (χ4v) is 4.25. The van der Waals surface area contributed by atoms with Gasteiger partial charge < -0.3 is 4.90 Å². The second-order valence-electron chi connectivity index (χ2n) is 7.35. The Kier molecular flexibility index (Phi) is 3.11. The third-order valence-corrected chi connectivity index (χ3v) is 5.51. The number of hydrogen-bond acceptors (Lipinski definition) is 4. The van der Waals surface area contributed by atoms with Crippen molar-refractivity contribution < 1.29 is 13.2 Å². The maximum Gasteiger partial charge on any atom is 0.453 e. The molecule has 1 saturated heterocycles. The van der Waals surface area contributed by atoms with Gasteiger partial charge in [0, 0.05) is 18.5 Å². The Morgan fingerprint density at radius 2 is 1.69 bits per heavy atom.